The summed E-state index contributed by atoms with van der Waals surface area (Å²) in [5.74, 6) is -0.511. The molecule has 148 valence electrons. The van der Waals surface area contributed by atoms with Crippen LogP contribution in [0.1, 0.15) is 19.4 Å². The molecule has 0 radical (unpaired) electrons. The first-order chi connectivity index (χ1) is 12.5. The van der Waals surface area contributed by atoms with Crippen molar-refractivity contribution in [3.8, 4) is 0 Å². The lowest BCUT2D eigenvalue weighted by molar-refractivity contribution is -0.136. The third kappa shape index (κ3) is 6.05. The van der Waals surface area contributed by atoms with Crippen molar-refractivity contribution in [2.24, 2.45) is 5.92 Å². The molecule has 0 aliphatic carbocycles. The molecule has 27 heavy (non-hydrogen) atoms. The molecule has 1 amide bonds. The molecule has 10 heteroatoms. The summed E-state index contributed by atoms with van der Waals surface area (Å²) in [4.78, 5) is 11.4. The first-order valence-electron chi connectivity index (χ1n) is 7.98. The minimum Gasteiger partial charge on any atom is -0.326 e. The minimum atomic E-state index is -4.67. The monoisotopic (exact) mass is 420 g/mol. The van der Waals surface area contributed by atoms with Gasteiger partial charge in [-0.1, -0.05) is 13.8 Å². The summed E-state index contributed by atoms with van der Waals surface area (Å²) in [5.41, 5.74) is 0.849. The van der Waals surface area contributed by atoms with Gasteiger partial charge in [0.2, 0.25) is 15.9 Å². The van der Waals surface area contributed by atoms with Gasteiger partial charge in [-0.25, -0.2) is 8.42 Å². The Bertz CT molecular complexity index is 862. The quantitative estimate of drug-likeness (QED) is 0.734. The maximum absolute atomic E-state index is 12.9. The van der Waals surface area contributed by atoms with Crippen molar-refractivity contribution in [3.63, 3.8) is 0 Å². The molecule has 0 aliphatic heterocycles. The number of amides is 1. The molecule has 1 N–H and O–H groups in total. The molecular weight excluding hydrogens is 401 g/mol. The van der Waals surface area contributed by atoms with Crippen molar-refractivity contribution in [3.05, 3.63) is 46.7 Å². The van der Waals surface area contributed by atoms with Gasteiger partial charge in [0.05, 0.1) is 4.90 Å². The summed E-state index contributed by atoms with van der Waals surface area (Å²) < 4.78 is 64.6. The summed E-state index contributed by atoms with van der Waals surface area (Å²) in [6.45, 7) is 1.44. The van der Waals surface area contributed by atoms with Gasteiger partial charge in [-0.2, -0.15) is 28.8 Å². The predicted octanol–water partition coefficient (Wildman–Crippen LogP) is 4.10. The van der Waals surface area contributed by atoms with E-state index in [2.05, 4.69) is 5.32 Å². The Morgan fingerprint density at radius 3 is 2.30 bits per heavy atom. The lowest BCUT2D eigenvalue weighted by atomic mass is 10.2. The molecule has 0 saturated heterocycles. The number of nitrogens with zero attached hydrogens (tertiary/aromatic N) is 1. The van der Waals surface area contributed by atoms with Crippen LogP contribution in [0.15, 0.2) is 46.0 Å². The number of carbonyl (C=O) groups excluding carboxylic acids is 1. The number of halogens is 3. The van der Waals surface area contributed by atoms with Gasteiger partial charge in [-0.3, -0.25) is 4.79 Å². The number of sulfonamides is 1. The predicted molar refractivity (Wildman–Crippen MR) is 97.9 cm³/mol. The van der Waals surface area contributed by atoms with Crippen molar-refractivity contribution < 1.29 is 26.4 Å². The highest BCUT2D eigenvalue weighted by molar-refractivity contribution is 7.89. The van der Waals surface area contributed by atoms with Gasteiger partial charge in [0.25, 0.3) is 0 Å². The molecule has 1 aromatic carbocycles. The molecule has 0 aliphatic rings. The lowest BCUT2D eigenvalue weighted by Crippen LogP contribution is -2.38. The summed E-state index contributed by atoms with van der Waals surface area (Å²) >= 11 is 1.27. The maximum Gasteiger partial charge on any atom is 0.402 e. The van der Waals surface area contributed by atoms with Crippen LogP contribution in [0.3, 0.4) is 0 Å². The Balaban J connectivity index is 2.27. The van der Waals surface area contributed by atoms with Crippen LogP contribution in [0.4, 0.5) is 18.9 Å². The Labute approximate surface area is 159 Å². The molecule has 0 atom stereocenters. The van der Waals surface area contributed by atoms with Gasteiger partial charge in [0, 0.05) is 18.2 Å². The number of carbonyl (C=O) groups is 1. The van der Waals surface area contributed by atoms with E-state index < -0.39 is 22.7 Å². The average Bonchev–Trinajstić information content (AvgIpc) is 3.06. The van der Waals surface area contributed by atoms with Gasteiger partial charge in [0.1, 0.15) is 6.54 Å². The molecule has 2 rings (SSSR count). The van der Waals surface area contributed by atoms with Crippen molar-refractivity contribution in [1.82, 2.24) is 4.31 Å². The van der Waals surface area contributed by atoms with E-state index in [1.807, 2.05) is 0 Å². The van der Waals surface area contributed by atoms with Gasteiger partial charge in [0.15, 0.2) is 0 Å². The average molecular weight is 420 g/mol. The van der Waals surface area contributed by atoms with E-state index in [0.29, 0.717) is 15.6 Å². The molecule has 5 nitrogen and oxygen atoms in total. The largest absolute Gasteiger partial charge is 0.402 e. The van der Waals surface area contributed by atoms with E-state index in [4.69, 9.17) is 0 Å². The Kier molecular flexibility index (Phi) is 6.66. The fourth-order valence-electron chi connectivity index (χ4n) is 2.16. The van der Waals surface area contributed by atoms with Gasteiger partial charge in [-0.05, 0) is 46.7 Å². The smallest absolute Gasteiger partial charge is 0.326 e. The molecular formula is C17H19F3N2O3S2. The first-order valence-corrected chi connectivity index (χ1v) is 10.4. The van der Waals surface area contributed by atoms with E-state index in [0.717, 1.165) is 0 Å². The highest BCUT2D eigenvalue weighted by Gasteiger charge is 2.37. The van der Waals surface area contributed by atoms with Crippen LogP contribution >= 0.6 is 11.3 Å². The lowest BCUT2D eigenvalue weighted by Gasteiger charge is -2.23. The number of alkyl halides is 3. The Hall–Kier alpha value is -1.91. The summed E-state index contributed by atoms with van der Waals surface area (Å²) in [6.07, 6.45) is -4.67. The first kappa shape index (κ1) is 21.4. The van der Waals surface area contributed by atoms with E-state index in [-0.39, 0.29) is 23.3 Å². The number of hydrogen-bond acceptors (Lipinski definition) is 4. The highest BCUT2D eigenvalue weighted by Crippen LogP contribution is 2.26. The summed E-state index contributed by atoms with van der Waals surface area (Å²) in [5, 5.41) is 5.87. The van der Waals surface area contributed by atoms with Crippen molar-refractivity contribution in [2.75, 3.05) is 11.9 Å². The highest BCUT2D eigenvalue weighted by atomic mass is 32.2. The standard InChI is InChI=1S/C17H19F3N2O3S2/c1-12(2)16(23)21-14-3-5-15(6-4-14)27(24,25)22(11-17(18,19)20)9-13-7-8-26-10-13/h3-8,10,12H,9,11H2,1-2H3,(H,21,23). The van der Waals surface area contributed by atoms with Crippen molar-refractivity contribution >= 4 is 33.0 Å². The fourth-order valence-corrected chi connectivity index (χ4v) is 4.23. The van der Waals surface area contributed by atoms with Crippen LogP contribution < -0.4 is 5.32 Å². The number of anilines is 1. The van der Waals surface area contributed by atoms with Gasteiger partial charge >= 0.3 is 6.18 Å². The van der Waals surface area contributed by atoms with Crippen molar-refractivity contribution in [2.45, 2.75) is 31.5 Å². The number of thiophene rings is 1. The number of benzene rings is 1. The van der Waals surface area contributed by atoms with Crippen molar-refractivity contribution in [1.29, 1.82) is 0 Å². The normalized spacial score (nSPS) is 12.6. The molecule has 0 spiro atoms. The van der Waals surface area contributed by atoms with Crippen LogP contribution in [0.25, 0.3) is 0 Å². The zero-order valence-electron chi connectivity index (χ0n) is 14.7. The topological polar surface area (TPSA) is 66.5 Å². The van der Waals surface area contributed by atoms with Crippen LogP contribution in [-0.2, 0) is 21.4 Å². The minimum absolute atomic E-state index is 0.248. The molecule has 0 fully saturated rings. The number of nitrogens with one attached hydrogen (secondary N) is 1. The van der Waals surface area contributed by atoms with Crippen LogP contribution in [0.5, 0.6) is 0 Å². The Morgan fingerprint density at radius 1 is 1.19 bits per heavy atom. The van der Waals surface area contributed by atoms with Gasteiger partial charge in [-0.15, -0.1) is 0 Å². The second-order valence-corrected chi connectivity index (χ2v) is 8.91. The molecule has 1 heterocycles. The zero-order chi connectivity index (χ0) is 20.2. The summed E-state index contributed by atoms with van der Waals surface area (Å²) in [7, 11) is -4.37. The molecule has 2 aromatic rings. The van der Waals surface area contributed by atoms with E-state index in [9.17, 15) is 26.4 Å². The van der Waals surface area contributed by atoms with E-state index in [1.54, 1.807) is 30.7 Å². The van der Waals surface area contributed by atoms with Crippen LogP contribution in [-0.4, -0.2) is 31.4 Å². The van der Waals surface area contributed by atoms with Crippen LogP contribution in [0.2, 0.25) is 0 Å². The second kappa shape index (κ2) is 8.41. The maximum atomic E-state index is 12.9. The zero-order valence-corrected chi connectivity index (χ0v) is 16.3. The molecule has 0 saturated carbocycles. The van der Waals surface area contributed by atoms with Gasteiger partial charge < -0.3 is 5.32 Å². The third-order valence-electron chi connectivity index (χ3n) is 3.58. The SMILES string of the molecule is CC(C)C(=O)Nc1ccc(S(=O)(=O)N(Cc2ccsc2)CC(F)(F)F)cc1. The van der Waals surface area contributed by atoms with E-state index >= 15 is 0 Å². The third-order valence-corrected chi connectivity index (χ3v) is 6.12. The Morgan fingerprint density at radius 2 is 1.81 bits per heavy atom. The second-order valence-electron chi connectivity index (χ2n) is 6.19. The number of rotatable bonds is 7. The molecule has 0 unspecified atom stereocenters. The number of hydrogen-bond donors (Lipinski definition) is 1. The van der Waals surface area contributed by atoms with Crippen LogP contribution in [0, 0.1) is 5.92 Å². The van der Waals surface area contributed by atoms with E-state index in [1.165, 1.54) is 35.6 Å². The summed E-state index contributed by atoms with van der Waals surface area (Å²) in [6, 6.07) is 6.64. The fraction of sp³-hybridized carbons (Fsp3) is 0.353. The molecule has 1 aromatic heterocycles. The molecule has 0 bridgehead atoms.